The molecule has 2 aliphatic heterocycles. The molecule has 2 fully saturated rings. The topological polar surface area (TPSA) is 70.2 Å². The Balaban J connectivity index is 1.79. The molecule has 22 heavy (non-hydrogen) atoms. The van der Waals surface area contributed by atoms with Crippen LogP contribution in [-0.2, 0) is 19.6 Å². The molecule has 2 rings (SSSR count). The molecule has 0 bridgehead atoms. The number of likely N-dealkylation sites (tertiary alicyclic amines) is 1. The van der Waals surface area contributed by atoms with Gasteiger partial charge in [0, 0.05) is 52.2 Å². The van der Waals surface area contributed by atoms with Crippen molar-refractivity contribution in [1.29, 1.82) is 0 Å². The van der Waals surface area contributed by atoms with E-state index in [-0.39, 0.29) is 18.9 Å². The molecule has 2 saturated heterocycles. The van der Waals surface area contributed by atoms with Crippen molar-refractivity contribution in [3.63, 3.8) is 0 Å². The van der Waals surface area contributed by atoms with Gasteiger partial charge in [0.25, 0.3) is 0 Å². The molecule has 0 atom stereocenters. The molecule has 0 aromatic rings. The molecule has 2 aliphatic rings. The highest BCUT2D eigenvalue weighted by Crippen LogP contribution is 2.10. The lowest BCUT2D eigenvalue weighted by atomic mass is 10.3. The molecule has 0 saturated carbocycles. The maximum Gasteiger partial charge on any atom is 0.223 e. The Morgan fingerprint density at radius 1 is 1.09 bits per heavy atom. The molecular formula is C14H27N3O4S. The number of rotatable bonds is 7. The minimum absolute atomic E-state index is 0.0672. The Kier molecular flexibility index (Phi) is 6.61. The van der Waals surface area contributed by atoms with Crippen molar-refractivity contribution in [2.75, 3.05) is 65.3 Å². The van der Waals surface area contributed by atoms with Crippen molar-refractivity contribution in [2.24, 2.45) is 0 Å². The molecule has 128 valence electrons. The smallest absolute Gasteiger partial charge is 0.223 e. The fourth-order valence-corrected chi connectivity index (χ4v) is 3.70. The number of carbonyl (C=O) groups is 1. The zero-order chi connectivity index (χ0) is 16.0. The summed E-state index contributed by atoms with van der Waals surface area (Å²) in [5, 5.41) is 0. The van der Waals surface area contributed by atoms with Gasteiger partial charge in [-0.1, -0.05) is 0 Å². The molecule has 0 radical (unpaired) electrons. The van der Waals surface area contributed by atoms with Gasteiger partial charge in [-0.05, 0) is 12.8 Å². The summed E-state index contributed by atoms with van der Waals surface area (Å²) in [6, 6.07) is 0. The van der Waals surface area contributed by atoms with Crippen molar-refractivity contribution in [3.05, 3.63) is 0 Å². The lowest BCUT2D eigenvalue weighted by Crippen LogP contribution is -2.43. The first-order valence-corrected chi connectivity index (χ1v) is 9.84. The molecule has 0 spiro atoms. The number of nitrogens with zero attached hydrogens (tertiary/aromatic N) is 3. The van der Waals surface area contributed by atoms with Crippen LogP contribution in [0.5, 0.6) is 0 Å². The van der Waals surface area contributed by atoms with Crippen LogP contribution in [0.2, 0.25) is 0 Å². The van der Waals surface area contributed by atoms with E-state index in [4.69, 9.17) is 4.74 Å². The van der Waals surface area contributed by atoms with Gasteiger partial charge in [0.05, 0.1) is 19.5 Å². The summed E-state index contributed by atoms with van der Waals surface area (Å²) in [5.41, 5.74) is 0. The van der Waals surface area contributed by atoms with Crippen LogP contribution >= 0.6 is 0 Å². The van der Waals surface area contributed by atoms with Gasteiger partial charge in [-0.2, -0.15) is 0 Å². The van der Waals surface area contributed by atoms with Gasteiger partial charge >= 0.3 is 0 Å². The molecule has 0 aliphatic carbocycles. The second-order valence-corrected chi connectivity index (χ2v) is 7.94. The first-order valence-electron chi connectivity index (χ1n) is 8.00. The van der Waals surface area contributed by atoms with E-state index in [1.54, 1.807) is 0 Å². The summed E-state index contributed by atoms with van der Waals surface area (Å²) >= 11 is 0. The summed E-state index contributed by atoms with van der Waals surface area (Å²) in [6.45, 7) is 6.10. The highest BCUT2D eigenvalue weighted by atomic mass is 32.2. The third-order valence-electron chi connectivity index (χ3n) is 4.27. The molecule has 8 heteroatoms. The average molecular weight is 333 g/mol. The third-order valence-corrected chi connectivity index (χ3v) is 5.58. The molecule has 7 nitrogen and oxygen atoms in total. The van der Waals surface area contributed by atoms with Crippen LogP contribution in [-0.4, -0.2) is 93.7 Å². The average Bonchev–Trinajstić information content (AvgIpc) is 3.01. The van der Waals surface area contributed by atoms with E-state index in [9.17, 15) is 13.2 Å². The molecular weight excluding hydrogens is 306 g/mol. The largest absolute Gasteiger partial charge is 0.379 e. The normalized spacial score (nSPS) is 20.7. The fourth-order valence-electron chi connectivity index (χ4n) is 2.87. The predicted molar refractivity (Wildman–Crippen MR) is 84.1 cm³/mol. The number of sulfonamides is 1. The summed E-state index contributed by atoms with van der Waals surface area (Å²) in [7, 11) is -3.28. The second-order valence-electron chi connectivity index (χ2n) is 5.95. The van der Waals surface area contributed by atoms with Gasteiger partial charge in [-0.3, -0.25) is 9.69 Å². The van der Waals surface area contributed by atoms with E-state index < -0.39 is 10.0 Å². The first-order chi connectivity index (χ1) is 10.5. The van der Waals surface area contributed by atoms with Crippen LogP contribution in [0, 0.1) is 0 Å². The minimum Gasteiger partial charge on any atom is -0.379 e. The Hall–Kier alpha value is -0.700. The second kappa shape index (κ2) is 8.24. The molecule has 0 unspecified atom stereocenters. The Morgan fingerprint density at radius 3 is 2.32 bits per heavy atom. The van der Waals surface area contributed by atoms with Gasteiger partial charge in [0.15, 0.2) is 0 Å². The summed E-state index contributed by atoms with van der Waals surface area (Å²) < 4.78 is 30.5. The fraction of sp³-hybridized carbons (Fsp3) is 0.929. The van der Waals surface area contributed by atoms with Crippen molar-refractivity contribution >= 4 is 15.9 Å². The van der Waals surface area contributed by atoms with Gasteiger partial charge < -0.3 is 9.64 Å². The van der Waals surface area contributed by atoms with Crippen LogP contribution in [0.25, 0.3) is 0 Å². The standard InChI is InChI=1S/C14H27N3O4S/c1-22(19,20)17(9-8-15-10-12-21-13-11-15)7-4-14(18)16-5-2-3-6-16/h2-13H2,1H3. The van der Waals surface area contributed by atoms with E-state index >= 15 is 0 Å². The highest BCUT2D eigenvalue weighted by molar-refractivity contribution is 7.88. The molecule has 0 aromatic carbocycles. The highest BCUT2D eigenvalue weighted by Gasteiger charge is 2.22. The van der Waals surface area contributed by atoms with E-state index in [0.717, 1.165) is 39.0 Å². The van der Waals surface area contributed by atoms with Crippen LogP contribution in [0.15, 0.2) is 0 Å². The SMILES string of the molecule is CS(=O)(=O)N(CCC(=O)N1CCCC1)CCN1CCOCC1. The van der Waals surface area contributed by atoms with E-state index in [2.05, 4.69) is 4.90 Å². The van der Waals surface area contributed by atoms with Crippen LogP contribution in [0.4, 0.5) is 0 Å². The van der Waals surface area contributed by atoms with Gasteiger partial charge in [0.1, 0.15) is 0 Å². The summed E-state index contributed by atoms with van der Waals surface area (Å²) in [4.78, 5) is 16.1. The lowest BCUT2D eigenvalue weighted by Gasteiger charge is -2.29. The number of morpholine rings is 1. The Morgan fingerprint density at radius 2 is 1.73 bits per heavy atom. The Bertz CT molecular complexity index is 457. The van der Waals surface area contributed by atoms with E-state index in [1.165, 1.54) is 10.6 Å². The number of hydrogen-bond acceptors (Lipinski definition) is 5. The van der Waals surface area contributed by atoms with Crippen molar-refractivity contribution in [1.82, 2.24) is 14.1 Å². The third kappa shape index (κ3) is 5.49. The van der Waals surface area contributed by atoms with Crippen molar-refractivity contribution < 1.29 is 17.9 Å². The lowest BCUT2D eigenvalue weighted by molar-refractivity contribution is -0.130. The maximum absolute atomic E-state index is 12.1. The zero-order valence-electron chi connectivity index (χ0n) is 13.4. The number of hydrogen-bond donors (Lipinski definition) is 0. The number of ether oxygens (including phenoxy) is 1. The molecule has 0 N–H and O–H groups in total. The number of amides is 1. The van der Waals surface area contributed by atoms with Crippen LogP contribution < -0.4 is 0 Å². The predicted octanol–water partition coefficient (Wildman–Crippen LogP) is -0.407. The zero-order valence-corrected chi connectivity index (χ0v) is 14.2. The van der Waals surface area contributed by atoms with Crippen LogP contribution in [0.3, 0.4) is 0 Å². The first kappa shape index (κ1) is 17.7. The van der Waals surface area contributed by atoms with Crippen LogP contribution in [0.1, 0.15) is 19.3 Å². The summed E-state index contributed by atoms with van der Waals surface area (Å²) in [5.74, 6) is 0.0672. The maximum atomic E-state index is 12.1. The van der Waals surface area contributed by atoms with Crippen molar-refractivity contribution in [2.45, 2.75) is 19.3 Å². The van der Waals surface area contributed by atoms with Crippen molar-refractivity contribution in [3.8, 4) is 0 Å². The van der Waals surface area contributed by atoms with Gasteiger partial charge in [-0.15, -0.1) is 0 Å². The minimum atomic E-state index is -3.28. The van der Waals surface area contributed by atoms with Gasteiger partial charge in [-0.25, -0.2) is 12.7 Å². The molecule has 1 amide bonds. The monoisotopic (exact) mass is 333 g/mol. The molecule has 0 aromatic heterocycles. The summed E-state index contributed by atoms with van der Waals surface area (Å²) in [6.07, 6.45) is 3.60. The molecule has 2 heterocycles. The van der Waals surface area contributed by atoms with Gasteiger partial charge in [0.2, 0.25) is 15.9 Å². The van der Waals surface area contributed by atoms with E-state index in [0.29, 0.717) is 26.3 Å². The quantitative estimate of drug-likeness (QED) is 0.634. The number of carbonyl (C=O) groups excluding carboxylic acids is 1. The Labute approximate surface area is 133 Å². The van der Waals surface area contributed by atoms with E-state index in [1.807, 2.05) is 4.90 Å².